The van der Waals surface area contributed by atoms with E-state index in [9.17, 15) is 9.90 Å². The van der Waals surface area contributed by atoms with Crippen LogP contribution in [0.15, 0.2) is 16.9 Å². The zero-order valence-corrected chi connectivity index (χ0v) is 14.8. The van der Waals surface area contributed by atoms with Gasteiger partial charge >= 0.3 is 0 Å². The van der Waals surface area contributed by atoms with Crippen LogP contribution in [0.4, 0.5) is 5.69 Å². The van der Waals surface area contributed by atoms with Crippen molar-refractivity contribution < 1.29 is 9.84 Å². The Balaban J connectivity index is 1.85. The van der Waals surface area contributed by atoms with E-state index in [2.05, 4.69) is 21.4 Å². The molecule has 2 heterocycles. The standard InChI is InChI=1S/C19H25N3O3/c1-3-12-9-16(18(24)21-17(12)11-23)20-10-14-8-13-6-4-5-7-15(13)22-19(14)25-2/h8-9,20,23H,3-7,10-11H2,1-2H3,(H,21,24). The Labute approximate surface area is 147 Å². The van der Waals surface area contributed by atoms with Gasteiger partial charge in [-0.1, -0.05) is 6.92 Å². The lowest BCUT2D eigenvalue weighted by atomic mass is 9.95. The van der Waals surface area contributed by atoms with Crippen molar-refractivity contribution in [2.24, 2.45) is 0 Å². The number of pyridine rings is 2. The number of aryl methyl sites for hydroxylation is 3. The van der Waals surface area contributed by atoms with Gasteiger partial charge in [-0.25, -0.2) is 4.98 Å². The second-order valence-electron chi connectivity index (χ2n) is 6.35. The van der Waals surface area contributed by atoms with Crippen molar-refractivity contribution in [3.05, 3.63) is 50.6 Å². The Morgan fingerprint density at radius 1 is 1.28 bits per heavy atom. The van der Waals surface area contributed by atoms with E-state index in [0.717, 1.165) is 36.1 Å². The fourth-order valence-corrected chi connectivity index (χ4v) is 3.36. The van der Waals surface area contributed by atoms with Crippen molar-refractivity contribution in [2.45, 2.75) is 52.2 Å². The number of aliphatic hydroxyl groups is 1. The molecular formula is C19H25N3O3. The number of fused-ring (bicyclic) bond motifs is 1. The number of nitrogens with one attached hydrogen (secondary N) is 2. The number of rotatable bonds is 6. The zero-order valence-electron chi connectivity index (χ0n) is 14.8. The summed E-state index contributed by atoms with van der Waals surface area (Å²) in [6.07, 6.45) is 5.15. The lowest BCUT2D eigenvalue weighted by molar-refractivity contribution is 0.275. The summed E-state index contributed by atoms with van der Waals surface area (Å²) < 4.78 is 5.44. The van der Waals surface area contributed by atoms with Crippen LogP contribution in [-0.2, 0) is 32.4 Å². The Bertz CT molecular complexity index is 814. The average Bonchev–Trinajstić information content (AvgIpc) is 2.65. The normalized spacial score (nSPS) is 13.4. The summed E-state index contributed by atoms with van der Waals surface area (Å²) in [5.74, 6) is 0.618. The molecule has 2 aromatic heterocycles. The summed E-state index contributed by atoms with van der Waals surface area (Å²) in [7, 11) is 1.62. The summed E-state index contributed by atoms with van der Waals surface area (Å²) in [6, 6.07) is 3.95. The quantitative estimate of drug-likeness (QED) is 0.749. The van der Waals surface area contributed by atoms with Crippen LogP contribution in [0, 0.1) is 0 Å². The molecule has 0 radical (unpaired) electrons. The molecule has 0 atom stereocenters. The Hall–Kier alpha value is -2.34. The van der Waals surface area contributed by atoms with Gasteiger partial charge in [-0.2, -0.15) is 0 Å². The van der Waals surface area contributed by atoms with Crippen molar-refractivity contribution in [1.29, 1.82) is 0 Å². The van der Waals surface area contributed by atoms with Crippen molar-refractivity contribution in [3.8, 4) is 5.88 Å². The van der Waals surface area contributed by atoms with Crippen LogP contribution in [0.2, 0.25) is 0 Å². The second kappa shape index (κ2) is 7.70. The van der Waals surface area contributed by atoms with Crippen LogP contribution in [-0.4, -0.2) is 22.2 Å². The fraction of sp³-hybridized carbons (Fsp3) is 0.474. The van der Waals surface area contributed by atoms with Gasteiger partial charge in [-0.3, -0.25) is 4.79 Å². The lowest BCUT2D eigenvalue weighted by Crippen LogP contribution is -2.18. The molecule has 0 fully saturated rings. The van der Waals surface area contributed by atoms with Crippen LogP contribution >= 0.6 is 0 Å². The predicted molar refractivity (Wildman–Crippen MR) is 97.1 cm³/mol. The van der Waals surface area contributed by atoms with Gasteiger partial charge in [-0.15, -0.1) is 0 Å². The molecule has 1 aliphatic rings. The van der Waals surface area contributed by atoms with Crippen LogP contribution in [0.3, 0.4) is 0 Å². The molecule has 0 aliphatic heterocycles. The first-order valence-electron chi connectivity index (χ1n) is 8.81. The minimum atomic E-state index is -0.230. The summed E-state index contributed by atoms with van der Waals surface area (Å²) in [4.78, 5) is 19.6. The number of anilines is 1. The molecule has 0 spiro atoms. The number of nitrogens with zero attached hydrogens (tertiary/aromatic N) is 1. The first-order chi connectivity index (χ1) is 12.2. The summed E-state index contributed by atoms with van der Waals surface area (Å²) in [5.41, 5.74) is 5.13. The van der Waals surface area contributed by atoms with Crippen LogP contribution in [0.25, 0.3) is 0 Å². The molecule has 0 saturated heterocycles. The van der Waals surface area contributed by atoms with Gasteiger partial charge in [0.1, 0.15) is 5.69 Å². The number of hydrogen-bond acceptors (Lipinski definition) is 5. The van der Waals surface area contributed by atoms with E-state index in [1.165, 1.54) is 18.4 Å². The third-order valence-corrected chi connectivity index (χ3v) is 4.76. The van der Waals surface area contributed by atoms with E-state index in [4.69, 9.17) is 4.74 Å². The molecule has 25 heavy (non-hydrogen) atoms. The van der Waals surface area contributed by atoms with E-state index in [1.807, 2.05) is 13.0 Å². The molecular weight excluding hydrogens is 318 g/mol. The van der Waals surface area contributed by atoms with E-state index < -0.39 is 0 Å². The second-order valence-corrected chi connectivity index (χ2v) is 6.35. The van der Waals surface area contributed by atoms with Crippen molar-refractivity contribution in [1.82, 2.24) is 9.97 Å². The molecule has 2 aromatic rings. The predicted octanol–water partition coefficient (Wildman–Crippen LogP) is 2.32. The Morgan fingerprint density at radius 3 is 2.80 bits per heavy atom. The smallest absolute Gasteiger partial charge is 0.271 e. The number of H-pyrrole nitrogens is 1. The highest BCUT2D eigenvalue weighted by Gasteiger charge is 2.16. The lowest BCUT2D eigenvalue weighted by Gasteiger charge is -2.18. The van der Waals surface area contributed by atoms with Gasteiger partial charge in [0.15, 0.2) is 0 Å². The zero-order chi connectivity index (χ0) is 17.8. The van der Waals surface area contributed by atoms with E-state index in [1.54, 1.807) is 7.11 Å². The van der Waals surface area contributed by atoms with E-state index in [-0.39, 0.29) is 12.2 Å². The molecule has 0 aromatic carbocycles. The minimum absolute atomic E-state index is 0.165. The molecule has 0 amide bonds. The highest BCUT2D eigenvalue weighted by molar-refractivity contribution is 5.47. The van der Waals surface area contributed by atoms with Crippen LogP contribution in [0.1, 0.15) is 47.8 Å². The van der Waals surface area contributed by atoms with Gasteiger partial charge in [0, 0.05) is 23.5 Å². The highest BCUT2D eigenvalue weighted by atomic mass is 16.5. The molecule has 0 saturated carbocycles. The van der Waals surface area contributed by atoms with Gasteiger partial charge in [0.25, 0.3) is 5.56 Å². The molecule has 3 N–H and O–H groups in total. The van der Waals surface area contributed by atoms with E-state index >= 15 is 0 Å². The maximum absolute atomic E-state index is 12.2. The first-order valence-corrected chi connectivity index (χ1v) is 8.81. The number of aromatic nitrogens is 2. The highest BCUT2D eigenvalue weighted by Crippen LogP contribution is 2.26. The van der Waals surface area contributed by atoms with Gasteiger partial charge in [0.2, 0.25) is 5.88 Å². The third-order valence-electron chi connectivity index (χ3n) is 4.76. The summed E-state index contributed by atoms with van der Waals surface area (Å²) in [6.45, 7) is 2.29. The largest absolute Gasteiger partial charge is 0.481 e. The summed E-state index contributed by atoms with van der Waals surface area (Å²) >= 11 is 0. The molecule has 6 nitrogen and oxygen atoms in total. The first kappa shape index (κ1) is 17.5. The van der Waals surface area contributed by atoms with Gasteiger partial charge < -0.3 is 20.1 Å². The molecule has 3 rings (SSSR count). The van der Waals surface area contributed by atoms with Crippen LogP contribution in [0.5, 0.6) is 5.88 Å². The number of ether oxygens (including phenoxy) is 1. The molecule has 6 heteroatoms. The van der Waals surface area contributed by atoms with Crippen LogP contribution < -0.4 is 15.6 Å². The average molecular weight is 343 g/mol. The van der Waals surface area contributed by atoms with Crippen molar-refractivity contribution in [2.75, 3.05) is 12.4 Å². The maximum Gasteiger partial charge on any atom is 0.271 e. The van der Waals surface area contributed by atoms with Gasteiger partial charge in [0.05, 0.1) is 13.7 Å². The monoisotopic (exact) mass is 343 g/mol. The topological polar surface area (TPSA) is 87.2 Å². The molecule has 134 valence electrons. The minimum Gasteiger partial charge on any atom is -0.481 e. The SMILES string of the molecule is CCc1cc(NCc2cc3c(nc2OC)CCCC3)c(=O)[nH]c1CO. The van der Waals surface area contributed by atoms with Crippen molar-refractivity contribution >= 4 is 5.69 Å². The number of aliphatic hydroxyl groups excluding tert-OH is 1. The maximum atomic E-state index is 12.2. The molecule has 1 aliphatic carbocycles. The van der Waals surface area contributed by atoms with Crippen molar-refractivity contribution in [3.63, 3.8) is 0 Å². The molecule has 0 unspecified atom stereocenters. The summed E-state index contributed by atoms with van der Waals surface area (Å²) in [5, 5.41) is 12.5. The fourth-order valence-electron chi connectivity index (χ4n) is 3.36. The Kier molecular flexibility index (Phi) is 5.38. The number of hydrogen-bond donors (Lipinski definition) is 3. The third kappa shape index (κ3) is 3.69. The molecule has 0 bridgehead atoms. The number of methoxy groups -OCH3 is 1. The van der Waals surface area contributed by atoms with Gasteiger partial charge in [-0.05, 0) is 55.4 Å². The van der Waals surface area contributed by atoms with E-state index in [0.29, 0.717) is 23.8 Å². The number of aromatic amines is 1. The Morgan fingerprint density at radius 2 is 2.08 bits per heavy atom.